The average molecular weight is 326 g/mol. The lowest BCUT2D eigenvalue weighted by Crippen LogP contribution is -2.39. The lowest BCUT2D eigenvalue weighted by Gasteiger charge is -2.26. The monoisotopic (exact) mass is 325 g/mol. The molecule has 0 spiro atoms. The topological polar surface area (TPSA) is 66.1 Å². The zero-order valence-electron chi connectivity index (χ0n) is 11.4. The second-order valence-electron chi connectivity index (χ2n) is 5.21. The number of rotatable bonds is 3. The molecule has 0 unspecified atom stereocenters. The number of aromatic amines is 1. The summed E-state index contributed by atoms with van der Waals surface area (Å²) in [7, 11) is -2.85. The molecule has 2 aromatic rings. The van der Waals surface area contributed by atoms with E-state index >= 15 is 0 Å². The normalized spacial score (nSPS) is 18.7. The number of nitrogens with zero attached hydrogens (tertiary/aromatic N) is 2. The number of H-pyrrole nitrogens is 1. The van der Waals surface area contributed by atoms with Crippen LogP contribution >= 0.6 is 11.6 Å². The first-order valence-electron chi connectivity index (χ1n) is 6.74. The highest BCUT2D eigenvalue weighted by molar-refractivity contribution is 7.91. The van der Waals surface area contributed by atoms with Gasteiger partial charge in [-0.25, -0.2) is 8.42 Å². The molecule has 0 radical (unpaired) electrons. The second-order valence-corrected chi connectivity index (χ2v) is 7.95. The van der Waals surface area contributed by atoms with E-state index in [2.05, 4.69) is 15.1 Å². The molecule has 5 nitrogen and oxygen atoms in total. The Bertz CT molecular complexity index is 728. The summed E-state index contributed by atoms with van der Waals surface area (Å²) in [6.07, 6.45) is 1.79. The van der Waals surface area contributed by atoms with Crippen LogP contribution < -0.4 is 0 Å². The van der Waals surface area contributed by atoms with Crippen LogP contribution in [0.2, 0.25) is 5.02 Å². The Morgan fingerprint density at radius 2 is 2.05 bits per heavy atom. The smallest absolute Gasteiger partial charge is 0.152 e. The fraction of sp³-hybridized carbons (Fsp3) is 0.357. The summed E-state index contributed by atoms with van der Waals surface area (Å²) in [6.45, 7) is 1.83. The zero-order chi connectivity index (χ0) is 14.9. The molecule has 1 N–H and O–H groups in total. The van der Waals surface area contributed by atoms with Crippen LogP contribution in [0, 0.1) is 0 Å². The standard InChI is InChI=1S/C14H16ClN3O2S/c15-13-3-1-2-11(8-13)14-12(9-16-17-14)10-18-4-6-21(19,20)7-5-18/h1-3,8-9H,4-7,10H2,(H,16,17). The Hall–Kier alpha value is -1.37. The summed E-state index contributed by atoms with van der Waals surface area (Å²) >= 11 is 6.03. The van der Waals surface area contributed by atoms with Gasteiger partial charge in [-0.15, -0.1) is 0 Å². The molecule has 1 aliphatic rings. The first-order chi connectivity index (χ1) is 10.0. The Morgan fingerprint density at radius 1 is 1.29 bits per heavy atom. The number of aromatic nitrogens is 2. The van der Waals surface area contributed by atoms with Gasteiger partial charge in [-0.2, -0.15) is 5.10 Å². The van der Waals surface area contributed by atoms with Gasteiger partial charge in [-0.05, 0) is 12.1 Å². The molecule has 0 saturated carbocycles. The third-order valence-corrected chi connectivity index (χ3v) is 5.51. The van der Waals surface area contributed by atoms with E-state index in [1.807, 2.05) is 24.3 Å². The maximum atomic E-state index is 11.5. The molecule has 7 heteroatoms. The summed E-state index contributed by atoms with van der Waals surface area (Å²) in [5, 5.41) is 7.79. The summed E-state index contributed by atoms with van der Waals surface area (Å²) in [6, 6.07) is 7.59. The van der Waals surface area contributed by atoms with Crippen molar-refractivity contribution in [3.8, 4) is 11.3 Å². The number of hydrogen-bond donors (Lipinski definition) is 1. The molecule has 0 aliphatic carbocycles. The number of sulfone groups is 1. The van der Waals surface area contributed by atoms with Crippen molar-refractivity contribution in [2.45, 2.75) is 6.54 Å². The van der Waals surface area contributed by atoms with Crippen LogP contribution in [0.5, 0.6) is 0 Å². The Balaban J connectivity index is 1.77. The molecule has 0 amide bonds. The lowest BCUT2D eigenvalue weighted by molar-refractivity contribution is 0.288. The first kappa shape index (κ1) is 14.6. The Labute approximate surface area is 128 Å². The summed E-state index contributed by atoms with van der Waals surface area (Å²) < 4.78 is 22.9. The summed E-state index contributed by atoms with van der Waals surface area (Å²) in [5.74, 6) is 0.467. The SMILES string of the molecule is O=S1(=O)CCN(Cc2cn[nH]c2-c2cccc(Cl)c2)CC1. The molecule has 112 valence electrons. The molecule has 1 aromatic carbocycles. The molecule has 0 atom stereocenters. The van der Waals surface area contributed by atoms with Gasteiger partial charge in [0.2, 0.25) is 0 Å². The van der Waals surface area contributed by atoms with E-state index in [0.29, 0.717) is 24.7 Å². The van der Waals surface area contributed by atoms with Gasteiger partial charge in [-0.3, -0.25) is 10.00 Å². The molecular weight excluding hydrogens is 310 g/mol. The van der Waals surface area contributed by atoms with Crippen molar-refractivity contribution in [2.75, 3.05) is 24.6 Å². The first-order valence-corrected chi connectivity index (χ1v) is 8.94. The van der Waals surface area contributed by atoms with E-state index < -0.39 is 9.84 Å². The molecule has 1 fully saturated rings. The largest absolute Gasteiger partial charge is 0.297 e. The summed E-state index contributed by atoms with van der Waals surface area (Å²) in [5.41, 5.74) is 2.97. The zero-order valence-corrected chi connectivity index (χ0v) is 13.0. The Morgan fingerprint density at radius 3 is 2.76 bits per heavy atom. The summed E-state index contributed by atoms with van der Waals surface area (Å²) in [4.78, 5) is 2.14. The predicted molar refractivity (Wildman–Crippen MR) is 83.0 cm³/mol. The lowest BCUT2D eigenvalue weighted by atomic mass is 10.1. The van der Waals surface area contributed by atoms with Gasteiger partial charge in [-0.1, -0.05) is 23.7 Å². The number of nitrogens with one attached hydrogen (secondary N) is 1. The highest BCUT2D eigenvalue weighted by Crippen LogP contribution is 2.25. The molecule has 1 aromatic heterocycles. The van der Waals surface area contributed by atoms with Crippen LogP contribution in [0.4, 0.5) is 0 Å². The molecule has 1 aliphatic heterocycles. The molecular formula is C14H16ClN3O2S. The van der Waals surface area contributed by atoms with Crippen LogP contribution in [0.15, 0.2) is 30.5 Å². The van der Waals surface area contributed by atoms with Crippen molar-refractivity contribution in [1.82, 2.24) is 15.1 Å². The van der Waals surface area contributed by atoms with Gasteiger partial charge in [0.1, 0.15) is 0 Å². The van der Waals surface area contributed by atoms with E-state index in [4.69, 9.17) is 11.6 Å². The van der Waals surface area contributed by atoms with Crippen LogP contribution in [-0.2, 0) is 16.4 Å². The van der Waals surface area contributed by atoms with Crippen LogP contribution in [-0.4, -0.2) is 48.1 Å². The van der Waals surface area contributed by atoms with Gasteiger partial charge < -0.3 is 0 Å². The molecule has 0 bridgehead atoms. The third kappa shape index (κ3) is 3.45. The van der Waals surface area contributed by atoms with E-state index in [9.17, 15) is 8.42 Å². The Kier molecular flexibility index (Phi) is 4.01. The van der Waals surface area contributed by atoms with E-state index in [0.717, 1.165) is 16.8 Å². The van der Waals surface area contributed by atoms with E-state index in [1.165, 1.54) is 0 Å². The van der Waals surface area contributed by atoms with Crippen LogP contribution in [0.25, 0.3) is 11.3 Å². The highest BCUT2D eigenvalue weighted by atomic mass is 35.5. The molecule has 3 rings (SSSR count). The maximum absolute atomic E-state index is 11.5. The minimum atomic E-state index is -2.85. The number of halogens is 1. The van der Waals surface area contributed by atoms with E-state index in [-0.39, 0.29) is 11.5 Å². The van der Waals surface area contributed by atoms with Crippen LogP contribution in [0.1, 0.15) is 5.56 Å². The number of benzene rings is 1. The van der Waals surface area contributed by atoms with Crippen molar-refractivity contribution in [3.63, 3.8) is 0 Å². The van der Waals surface area contributed by atoms with Crippen molar-refractivity contribution in [3.05, 3.63) is 41.0 Å². The van der Waals surface area contributed by atoms with Crippen molar-refractivity contribution < 1.29 is 8.42 Å². The predicted octanol–water partition coefficient (Wildman–Crippen LogP) is 1.96. The van der Waals surface area contributed by atoms with Gasteiger partial charge in [0.05, 0.1) is 23.4 Å². The van der Waals surface area contributed by atoms with E-state index in [1.54, 1.807) is 6.20 Å². The van der Waals surface area contributed by atoms with Gasteiger partial charge in [0.15, 0.2) is 9.84 Å². The highest BCUT2D eigenvalue weighted by Gasteiger charge is 2.22. The van der Waals surface area contributed by atoms with Gasteiger partial charge in [0, 0.05) is 35.8 Å². The minimum absolute atomic E-state index is 0.233. The fourth-order valence-electron chi connectivity index (χ4n) is 2.47. The van der Waals surface area contributed by atoms with Crippen molar-refractivity contribution in [2.24, 2.45) is 0 Å². The second kappa shape index (κ2) is 5.79. The van der Waals surface area contributed by atoms with Gasteiger partial charge >= 0.3 is 0 Å². The average Bonchev–Trinajstić information content (AvgIpc) is 2.89. The van der Waals surface area contributed by atoms with Crippen molar-refractivity contribution in [1.29, 1.82) is 0 Å². The van der Waals surface area contributed by atoms with Gasteiger partial charge in [0.25, 0.3) is 0 Å². The quantitative estimate of drug-likeness (QED) is 0.937. The number of hydrogen-bond acceptors (Lipinski definition) is 4. The fourth-order valence-corrected chi connectivity index (χ4v) is 3.94. The third-order valence-electron chi connectivity index (χ3n) is 3.66. The van der Waals surface area contributed by atoms with Crippen LogP contribution in [0.3, 0.4) is 0 Å². The molecule has 21 heavy (non-hydrogen) atoms. The molecule has 1 saturated heterocycles. The minimum Gasteiger partial charge on any atom is -0.297 e. The molecule has 2 heterocycles. The van der Waals surface area contributed by atoms with Crippen molar-refractivity contribution >= 4 is 21.4 Å². The maximum Gasteiger partial charge on any atom is 0.152 e.